The number of methoxy groups -OCH3 is 1. The predicted octanol–water partition coefficient (Wildman–Crippen LogP) is 3.43. The van der Waals surface area contributed by atoms with Crippen LogP contribution >= 0.6 is 0 Å². The zero-order valence-electron chi connectivity index (χ0n) is 15.2. The van der Waals surface area contributed by atoms with E-state index in [4.69, 9.17) is 4.74 Å². The lowest BCUT2D eigenvalue weighted by molar-refractivity contribution is -0.116. The summed E-state index contributed by atoms with van der Waals surface area (Å²) >= 11 is 0. The molecule has 0 saturated carbocycles. The maximum atomic E-state index is 13.8. The van der Waals surface area contributed by atoms with Gasteiger partial charge in [-0.15, -0.1) is 0 Å². The van der Waals surface area contributed by atoms with Gasteiger partial charge < -0.3 is 15.0 Å². The second kappa shape index (κ2) is 8.31. The molecule has 1 unspecified atom stereocenters. The van der Waals surface area contributed by atoms with Crippen LogP contribution in [0.4, 0.5) is 10.2 Å². The van der Waals surface area contributed by atoms with Gasteiger partial charge in [-0.2, -0.15) is 5.10 Å². The molecule has 0 bridgehead atoms. The molecule has 1 atom stereocenters. The highest BCUT2D eigenvalue weighted by Gasteiger charge is 2.19. The Morgan fingerprint density at radius 3 is 2.85 bits per heavy atom. The lowest BCUT2D eigenvalue weighted by Crippen LogP contribution is -2.31. The summed E-state index contributed by atoms with van der Waals surface area (Å²) in [4.78, 5) is 14.6. The fourth-order valence-electron chi connectivity index (χ4n) is 3.28. The highest BCUT2D eigenvalue weighted by atomic mass is 19.1. The van der Waals surface area contributed by atoms with Crippen LogP contribution in [-0.4, -0.2) is 47.2 Å². The Hall–Kier alpha value is -2.41. The molecule has 1 saturated heterocycles. The normalized spacial score (nSPS) is 15.8. The zero-order valence-corrected chi connectivity index (χ0v) is 15.2. The van der Waals surface area contributed by atoms with Crippen LogP contribution < -0.4 is 10.1 Å². The van der Waals surface area contributed by atoms with Crippen LogP contribution in [0.5, 0.6) is 5.75 Å². The topological polar surface area (TPSA) is 70.2 Å². The number of hydrogen-bond donors (Lipinski definition) is 2. The number of ether oxygens (including phenoxy) is 1. The first kappa shape index (κ1) is 18.4. The molecule has 3 rings (SSSR count). The van der Waals surface area contributed by atoms with Crippen LogP contribution in [0.25, 0.3) is 11.3 Å². The van der Waals surface area contributed by atoms with Gasteiger partial charge in [-0.3, -0.25) is 9.89 Å². The fraction of sp³-hybridized carbons (Fsp3) is 0.474. The summed E-state index contributed by atoms with van der Waals surface area (Å²) in [5.41, 5.74) is 1.27. The molecule has 6 nitrogen and oxygen atoms in total. The van der Waals surface area contributed by atoms with Crippen LogP contribution in [-0.2, 0) is 4.79 Å². The quantitative estimate of drug-likeness (QED) is 0.794. The Balaban J connectivity index is 1.54. The Bertz CT molecular complexity index is 756. The molecule has 1 aliphatic rings. The summed E-state index contributed by atoms with van der Waals surface area (Å²) in [7, 11) is 1.42. The third-order valence-corrected chi connectivity index (χ3v) is 4.86. The summed E-state index contributed by atoms with van der Waals surface area (Å²) in [6, 6.07) is 6.78. The molecule has 1 fully saturated rings. The first-order chi connectivity index (χ1) is 12.6. The molecule has 140 valence electrons. The van der Waals surface area contributed by atoms with E-state index in [9.17, 15) is 9.18 Å². The minimum Gasteiger partial charge on any atom is -0.494 e. The average molecular weight is 360 g/mol. The Labute approximate surface area is 152 Å². The SMILES string of the molecule is COc1ccc(-c2cc(NC(=O)CCC(C)N3CCCC3)n[nH]2)cc1F. The molecule has 1 aromatic heterocycles. The number of aromatic nitrogens is 2. The van der Waals surface area contributed by atoms with Crippen molar-refractivity contribution in [2.75, 3.05) is 25.5 Å². The molecular weight excluding hydrogens is 335 g/mol. The number of amides is 1. The van der Waals surface area contributed by atoms with Gasteiger partial charge in [0.15, 0.2) is 17.4 Å². The molecule has 1 amide bonds. The number of aromatic amines is 1. The summed E-state index contributed by atoms with van der Waals surface area (Å²) in [5, 5.41) is 9.71. The average Bonchev–Trinajstić information content (AvgIpc) is 3.31. The van der Waals surface area contributed by atoms with Crippen molar-refractivity contribution in [2.24, 2.45) is 0 Å². The number of H-pyrrole nitrogens is 1. The smallest absolute Gasteiger partial charge is 0.225 e. The van der Waals surface area contributed by atoms with E-state index < -0.39 is 5.82 Å². The van der Waals surface area contributed by atoms with Gasteiger partial charge in [-0.1, -0.05) is 0 Å². The van der Waals surface area contributed by atoms with Gasteiger partial charge in [0.2, 0.25) is 5.91 Å². The Morgan fingerprint density at radius 2 is 2.15 bits per heavy atom. The number of halogens is 1. The van der Waals surface area contributed by atoms with E-state index in [0.29, 0.717) is 29.5 Å². The van der Waals surface area contributed by atoms with Crippen molar-refractivity contribution in [3.05, 3.63) is 30.1 Å². The van der Waals surface area contributed by atoms with Crippen LogP contribution in [0.1, 0.15) is 32.6 Å². The van der Waals surface area contributed by atoms with E-state index in [0.717, 1.165) is 19.5 Å². The van der Waals surface area contributed by atoms with Crippen LogP contribution in [0.15, 0.2) is 24.3 Å². The van der Waals surface area contributed by atoms with Crippen molar-refractivity contribution >= 4 is 11.7 Å². The minimum atomic E-state index is -0.443. The predicted molar refractivity (Wildman–Crippen MR) is 98.7 cm³/mol. The Morgan fingerprint density at radius 1 is 1.38 bits per heavy atom. The number of carbonyl (C=O) groups is 1. The molecule has 1 aromatic carbocycles. The molecule has 2 aromatic rings. The van der Waals surface area contributed by atoms with Crippen molar-refractivity contribution in [3.63, 3.8) is 0 Å². The molecule has 7 heteroatoms. The fourth-order valence-corrected chi connectivity index (χ4v) is 3.28. The van der Waals surface area contributed by atoms with Gasteiger partial charge in [0.05, 0.1) is 12.8 Å². The van der Waals surface area contributed by atoms with Crippen molar-refractivity contribution in [3.8, 4) is 17.0 Å². The molecule has 0 radical (unpaired) electrons. The van der Waals surface area contributed by atoms with Gasteiger partial charge >= 0.3 is 0 Å². The van der Waals surface area contributed by atoms with Crippen molar-refractivity contribution in [2.45, 2.75) is 38.6 Å². The number of carbonyl (C=O) groups excluding carboxylic acids is 1. The summed E-state index contributed by atoms with van der Waals surface area (Å²) in [5.74, 6) is 0.125. The van der Waals surface area contributed by atoms with E-state index in [2.05, 4.69) is 27.3 Å². The highest BCUT2D eigenvalue weighted by Crippen LogP contribution is 2.25. The first-order valence-electron chi connectivity index (χ1n) is 9.00. The minimum absolute atomic E-state index is 0.0602. The summed E-state index contributed by atoms with van der Waals surface area (Å²) < 4.78 is 18.7. The Kier molecular flexibility index (Phi) is 5.88. The van der Waals surface area contributed by atoms with E-state index in [-0.39, 0.29) is 11.7 Å². The standard InChI is InChI=1S/C19H25FN4O2/c1-13(24-9-3-4-10-24)5-8-19(25)21-18-12-16(22-23-18)14-6-7-17(26-2)15(20)11-14/h6-7,11-13H,3-5,8-10H2,1-2H3,(H2,21,22,23,25). The van der Waals surface area contributed by atoms with Crippen molar-refractivity contribution in [1.29, 1.82) is 0 Å². The van der Waals surface area contributed by atoms with Crippen molar-refractivity contribution < 1.29 is 13.9 Å². The zero-order chi connectivity index (χ0) is 18.5. The maximum Gasteiger partial charge on any atom is 0.225 e. The third-order valence-electron chi connectivity index (χ3n) is 4.86. The highest BCUT2D eigenvalue weighted by molar-refractivity contribution is 5.90. The van der Waals surface area contributed by atoms with Crippen LogP contribution in [0.3, 0.4) is 0 Å². The number of likely N-dealkylation sites (tertiary alicyclic amines) is 1. The van der Waals surface area contributed by atoms with E-state index in [1.165, 1.54) is 26.0 Å². The van der Waals surface area contributed by atoms with E-state index in [1.54, 1.807) is 18.2 Å². The number of nitrogens with zero attached hydrogens (tertiary/aromatic N) is 2. The summed E-state index contributed by atoms with van der Waals surface area (Å²) in [6.45, 7) is 4.43. The first-order valence-corrected chi connectivity index (χ1v) is 9.00. The molecule has 0 spiro atoms. The van der Waals surface area contributed by atoms with Gasteiger partial charge in [-0.25, -0.2) is 4.39 Å². The number of rotatable bonds is 7. The number of nitrogens with one attached hydrogen (secondary N) is 2. The number of anilines is 1. The maximum absolute atomic E-state index is 13.8. The molecule has 1 aliphatic heterocycles. The summed E-state index contributed by atoms with van der Waals surface area (Å²) in [6.07, 6.45) is 3.78. The molecule has 0 aliphatic carbocycles. The van der Waals surface area contributed by atoms with Gasteiger partial charge in [-0.05, 0) is 57.5 Å². The number of benzene rings is 1. The van der Waals surface area contributed by atoms with E-state index >= 15 is 0 Å². The number of hydrogen-bond acceptors (Lipinski definition) is 4. The second-order valence-corrected chi connectivity index (χ2v) is 6.70. The van der Waals surface area contributed by atoms with E-state index in [1.807, 2.05) is 0 Å². The van der Waals surface area contributed by atoms with Gasteiger partial charge in [0.25, 0.3) is 0 Å². The molecule has 26 heavy (non-hydrogen) atoms. The monoisotopic (exact) mass is 360 g/mol. The van der Waals surface area contributed by atoms with Gasteiger partial charge in [0.1, 0.15) is 0 Å². The lowest BCUT2D eigenvalue weighted by atomic mass is 10.1. The third kappa shape index (κ3) is 4.40. The lowest BCUT2D eigenvalue weighted by Gasteiger charge is -2.23. The molecule has 2 heterocycles. The van der Waals surface area contributed by atoms with Crippen LogP contribution in [0.2, 0.25) is 0 Å². The van der Waals surface area contributed by atoms with Crippen LogP contribution in [0, 0.1) is 5.82 Å². The van der Waals surface area contributed by atoms with Gasteiger partial charge in [0, 0.05) is 24.1 Å². The molecule has 2 N–H and O–H groups in total. The second-order valence-electron chi connectivity index (χ2n) is 6.70. The largest absolute Gasteiger partial charge is 0.494 e. The van der Waals surface area contributed by atoms with Crippen molar-refractivity contribution in [1.82, 2.24) is 15.1 Å². The molecular formula is C19H25FN4O2.